The van der Waals surface area contributed by atoms with Crippen molar-refractivity contribution in [2.75, 3.05) is 0 Å². The van der Waals surface area contributed by atoms with E-state index in [9.17, 15) is 14.0 Å². The zero-order chi connectivity index (χ0) is 15.7. The lowest BCUT2D eigenvalue weighted by Gasteiger charge is -2.17. The molecule has 1 N–H and O–H groups in total. The molecule has 0 aliphatic heterocycles. The third kappa shape index (κ3) is 2.69. The van der Waals surface area contributed by atoms with E-state index in [0.29, 0.717) is 11.3 Å². The first kappa shape index (κ1) is 14.9. The van der Waals surface area contributed by atoms with Crippen LogP contribution in [0.25, 0.3) is 11.1 Å². The number of carbonyl (C=O) groups is 1. The lowest BCUT2D eigenvalue weighted by Crippen LogP contribution is -2.27. The van der Waals surface area contributed by atoms with E-state index >= 15 is 0 Å². The molecule has 2 rings (SSSR count). The summed E-state index contributed by atoms with van der Waals surface area (Å²) in [7, 11) is 0. The third-order valence-corrected chi connectivity index (χ3v) is 3.18. The second-order valence-corrected chi connectivity index (χ2v) is 4.99. The Morgan fingerprint density at radius 1 is 1.29 bits per heavy atom. The van der Waals surface area contributed by atoms with Gasteiger partial charge in [-0.3, -0.25) is 9.48 Å². The number of hydrogen-bond donors (Lipinski definition) is 1. The van der Waals surface area contributed by atoms with E-state index in [1.807, 2.05) is 13.8 Å². The smallest absolute Gasteiger partial charge is 0.360 e. The van der Waals surface area contributed by atoms with Gasteiger partial charge in [0.1, 0.15) is 5.82 Å². The minimum atomic E-state index is -1.38. The molecule has 0 amide bonds. The first-order valence-corrected chi connectivity index (χ1v) is 6.45. The molecule has 0 fully saturated rings. The normalized spacial score (nSPS) is 10.9. The van der Waals surface area contributed by atoms with E-state index in [0.717, 1.165) is 0 Å². The summed E-state index contributed by atoms with van der Waals surface area (Å²) in [5.41, 5.74) is 0.0537. The second kappa shape index (κ2) is 5.47. The van der Waals surface area contributed by atoms with Crippen molar-refractivity contribution in [3.8, 4) is 11.1 Å². The first-order chi connectivity index (χ1) is 9.82. The summed E-state index contributed by atoms with van der Waals surface area (Å²) in [4.78, 5) is 23.6. The maximum atomic E-state index is 13.0. The summed E-state index contributed by atoms with van der Waals surface area (Å²) in [6.07, 6.45) is 0. The number of rotatable bonds is 3. The van der Waals surface area contributed by atoms with Crippen LogP contribution in [0.5, 0.6) is 0 Å². The monoisotopic (exact) mass is 290 g/mol. The molecule has 0 bridgehead atoms. The van der Waals surface area contributed by atoms with Gasteiger partial charge < -0.3 is 5.11 Å². The molecule has 0 atom stereocenters. The fourth-order valence-corrected chi connectivity index (χ4v) is 2.22. The first-order valence-electron chi connectivity index (χ1n) is 6.45. The van der Waals surface area contributed by atoms with Gasteiger partial charge in [0.05, 0.1) is 5.56 Å². The average Bonchev–Trinajstić information content (AvgIpc) is 2.40. The van der Waals surface area contributed by atoms with Crippen molar-refractivity contribution in [2.45, 2.75) is 26.8 Å². The maximum absolute atomic E-state index is 13.0. The van der Waals surface area contributed by atoms with E-state index in [2.05, 4.69) is 5.10 Å². The standard InChI is InChI=1S/C15H15FN2O3/c1-8(2)18-9(3)12(10-4-6-11(16)7-5-10)14(19)13(17-18)15(20)21/h4-8H,1-3H3,(H,20,21). The molecule has 0 aliphatic carbocycles. The molecule has 21 heavy (non-hydrogen) atoms. The molecular weight excluding hydrogens is 275 g/mol. The van der Waals surface area contributed by atoms with Crippen LogP contribution >= 0.6 is 0 Å². The lowest BCUT2D eigenvalue weighted by molar-refractivity contribution is 0.0685. The van der Waals surface area contributed by atoms with Gasteiger partial charge in [0.2, 0.25) is 11.1 Å². The van der Waals surface area contributed by atoms with Gasteiger partial charge in [-0.1, -0.05) is 12.1 Å². The highest BCUT2D eigenvalue weighted by Crippen LogP contribution is 2.22. The third-order valence-electron chi connectivity index (χ3n) is 3.18. The predicted molar refractivity (Wildman–Crippen MR) is 76.0 cm³/mol. The van der Waals surface area contributed by atoms with Gasteiger partial charge in [-0.2, -0.15) is 5.10 Å². The van der Waals surface area contributed by atoms with Crippen LogP contribution in [0.15, 0.2) is 29.1 Å². The van der Waals surface area contributed by atoms with Crippen molar-refractivity contribution < 1.29 is 14.3 Å². The average molecular weight is 290 g/mol. The van der Waals surface area contributed by atoms with Crippen molar-refractivity contribution in [2.24, 2.45) is 0 Å². The highest BCUT2D eigenvalue weighted by atomic mass is 19.1. The molecule has 1 aromatic carbocycles. The van der Waals surface area contributed by atoms with Crippen LogP contribution in [0.1, 0.15) is 36.1 Å². The quantitative estimate of drug-likeness (QED) is 0.943. The Morgan fingerprint density at radius 2 is 1.86 bits per heavy atom. The van der Waals surface area contributed by atoms with Gasteiger partial charge in [0.15, 0.2) is 0 Å². The highest BCUT2D eigenvalue weighted by molar-refractivity contribution is 5.87. The highest BCUT2D eigenvalue weighted by Gasteiger charge is 2.21. The van der Waals surface area contributed by atoms with Crippen LogP contribution in [-0.2, 0) is 0 Å². The molecule has 2 aromatic rings. The Balaban J connectivity index is 2.83. The predicted octanol–water partition coefficient (Wildman–Crippen LogP) is 2.64. The molecule has 0 unspecified atom stereocenters. The summed E-state index contributed by atoms with van der Waals surface area (Å²) in [5, 5.41) is 13.0. The van der Waals surface area contributed by atoms with Crippen LogP contribution < -0.4 is 5.43 Å². The Kier molecular flexibility index (Phi) is 3.88. The summed E-state index contributed by atoms with van der Waals surface area (Å²) in [6, 6.07) is 5.26. The Hall–Kier alpha value is -2.50. The van der Waals surface area contributed by atoms with Crippen molar-refractivity contribution >= 4 is 5.97 Å². The van der Waals surface area contributed by atoms with Crippen LogP contribution in [0, 0.1) is 12.7 Å². The van der Waals surface area contributed by atoms with E-state index in [-0.39, 0.29) is 11.6 Å². The van der Waals surface area contributed by atoms with Crippen molar-refractivity contribution in [1.29, 1.82) is 0 Å². The van der Waals surface area contributed by atoms with Gasteiger partial charge >= 0.3 is 5.97 Å². The molecule has 6 heteroatoms. The Labute approximate surface area is 120 Å². The number of carboxylic acids is 1. The minimum absolute atomic E-state index is 0.108. The van der Waals surface area contributed by atoms with Crippen LogP contribution in [0.4, 0.5) is 4.39 Å². The number of aromatic carboxylic acids is 1. The lowest BCUT2D eigenvalue weighted by atomic mass is 10.0. The van der Waals surface area contributed by atoms with Gasteiger partial charge in [-0.05, 0) is 38.5 Å². The summed E-state index contributed by atoms with van der Waals surface area (Å²) in [6.45, 7) is 5.37. The van der Waals surface area contributed by atoms with E-state index < -0.39 is 22.9 Å². The molecular formula is C15H15FN2O3. The van der Waals surface area contributed by atoms with Crippen molar-refractivity contribution in [3.63, 3.8) is 0 Å². The fourth-order valence-electron chi connectivity index (χ4n) is 2.22. The summed E-state index contributed by atoms with van der Waals surface area (Å²) < 4.78 is 14.5. The molecule has 0 saturated carbocycles. The van der Waals surface area contributed by atoms with Gasteiger partial charge in [0, 0.05) is 11.7 Å². The second-order valence-electron chi connectivity index (χ2n) is 4.99. The van der Waals surface area contributed by atoms with E-state index in [4.69, 9.17) is 5.11 Å². The minimum Gasteiger partial charge on any atom is -0.476 e. The SMILES string of the molecule is Cc1c(-c2ccc(F)cc2)c(=O)c(C(=O)O)nn1C(C)C. The molecule has 0 aliphatic rings. The Bertz CT molecular complexity index is 749. The number of aromatic nitrogens is 2. The van der Waals surface area contributed by atoms with Crippen LogP contribution in [0.2, 0.25) is 0 Å². The molecule has 0 saturated heterocycles. The molecule has 0 radical (unpaired) electrons. The van der Waals surface area contributed by atoms with Crippen LogP contribution in [-0.4, -0.2) is 20.9 Å². The number of nitrogens with zero attached hydrogens (tertiary/aromatic N) is 2. The molecule has 110 valence electrons. The zero-order valence-corrected chi connectivity index (χ0v) is 11.9. The molecule has 1 aromatic heterocycles. The Morgan fingerprint density at radius 3 is 2.33 bits per heavy atom. The maximum Gasteiger partial charge on any atom is 0.360 e. The van der Waals surface area contributed by atoms with Crippen molar-refractivity contribution in [3.05, 3.63) is 51.7 Å². The number of benzene rings is 1. The van der Waals surface area contributed by atoms with Gasteiger partial charge in [0.25, 0.3) is 0 Å². The number of carboxylic acid groups (broad SMARTS) is 1. The summed E-state index contributed by atoms with van der Waals surface area (Å²) >= 11 is 0. The fraction of sp³-hybridized carbons (Fsp3) is 0.267. The summed E-state index contributed by atoms with van der Waals surface area (Å²) in [5.74, 6) is -1.80. The van der Waals surface area contributed by atoms with E-state index in [1.165, 1.54) is 28.9 Å². The largest absolute Gasteiger partial charge is 0.476 e. The number of hydrogen-bond acceptors (Lipinski definition) is 3. The van der Waals surface area contributed by atoms with Gasteiger partial charge in [-0.25, -0.2) is 9.18 Å². The zero-order valence-electron chi connectivity index (χ0n) is 11.9. The molecule has 0 spiro atoms. The van der Waals surface area contributed by atoms with Gasteiger partial charge in [-0.15, -0.1) is 0 Å². The molecule has 1 heterocycles. The van der Waals surface area contributed by atoms with E-state index in [1.54, 1.807) is 6.92 Å². The topological polar surface area (TPSA) is 72.2 Å². The number of halogens is 1. The molecule has 5 nitrogen and oxygen atoms in total. The van der Waals surface area contributed by atoms with Crippen molar-refractivity contribution in [1.82, 2.24) is 9.78 Å². The van der Waals surface area contributed by atoms with Crippen LogP contribution in [0.3, 0.4) is 0 Å².